The van der Waals surface area contributed by atoms with Gasteiger partial charge in [0.05, 0.1) is 5.41 Å². The second-order valence-corrected chi connectivity index (χ2v) is 4.67. The predicted octanol–water partition coefficient (Wildman–Crippen LogP) is 3.39. The van der Waals surface area contributed by atoms with E-state index in [4.69, 9.17) is 0 Å². The van der Waals surface area contributed by atoms with Crippen LogP contribution in [0.4, 0.5) is 13.2 Å². The van der Waals surface area contributed by atoms with Gasteiger partial charge in [0.25, 0.3) is 0 Å². The molecule has 98 valence electrons. The van der Waals surface area contributed by atoms with Gasteiger partial charge in [-0.25, -0.2) is 13.2 Å². The molecule has 1 aromatic rings. The molecule has 18 heavy (non-hydrogen) atoms. The van der Waals surface area contributed by atoms with Crippen molar-refractivity contribution in [3.8, 4) is 0 Å². The Morgan fingerprint density at radius 1 is 1.06 bits per heavy atom. The SMILES string of the molecule is O=C(O)C1(c2c(F)ccc(F)c2F)CCCCC1. The largest absolute Gasteiger partial charge is 0.481 e. The Kier molecular flexibility index (Phi) is 3.32. The molecular weight excluding hydrogens is 245 g/mol. The lowest BCUT2D eigenvalue weighted by Crippen LogP contribution is -2.39. The van der Waals surface area contributed by atoms with E-state index < -0.39 is 34.4 Å². The second kappa shape index (κ2) is 4.63. The molecule has 0 atom stereocenters. The van der Waals surface area contributed by atoms with Crippen LogP contribution in [0.1, 0.15) is 37.7 Å². The molecular formula is C13H13F3O2. The van der Waals surface area contributed by atoms with Crippen molar-refractivity contribution >= 4 is 5.97 Å². The summed E-state index contributed by atoms with van der Waals surface area (Å²) in [7, 11) is 0. The number of hydrogen-bond donors (Lipinski definition) is 1. The van der Waals surface area contributed by atoms with Gasteiger partial charge in [-0.3, -0.25) is 4.79 Å². The molecule has 1 fully saturated rings. The van der Waals surface area contributed by atoms with E-state index in [1.807, 2.05) is 0 Å². The number of benzene rings is 1. The number of hydrogen-bond acceptors (Lipinski definition) is 1. The molecule has 1 aliphatic rings. The minimum atomic E-state index is -1.63. The highest BCUT2D eigenvalue weighted by molar-refractivity contribution is 5.81. The van der Waals surface area contributed by atoms with E-state index in [0.29, 0.717) is 18.9 Å². The summed E-state index contributed by atoms with van der Waals surface area (Å²) in [6, 6.07) is 1.46. The first kappa shape index (κ1) is 12.9. The van der Waals surface area contributed by atoms with Crippen molar-refractivity contribution in [2.75, 3.05) is 0 Å². The molecule has 1 aromatic carbocycles. The monoisotopic (exact) mass is 258 g/mol. The van der Waals surface area contributed by atoms with Gasteiger partial charge in [-0.05, 0) is 25.0 Å². The van der Waals surface area contributed by atoms with E-state index in [-0.39, 0.29) is 12.8 Å². The van der Waals surface area contributed by atoms with Gasteiger partial charge < -0.3 is 5.11 Å². The fraction of sp³-hybridized carbons (Fsp3) is 0.462. The van der Waals surface area contributed by atoms with E-state index in [0.717, 1.165) is 12.5 Å². The maximum atomic E-state index is 13.8. The van der Waals surface area contributed by atoms with E-state index in [2.05, 4.69) is 0 Å². The summed E-state index contributed by atoms with van der Waals surface area (Å²) >= 11 is 0. The maximum absolute atomic E-state index is 13.8. The molecule has 0 saturated heterocycles. The van der Waals surface area contributed by atoms with Gasteiger partial charge in [0, 0.05) is 5.56 Å². The maximum Gasteiger partial charge on any atom is 0.314 e. The average molecular weight is 258 g/mol. The first-order valence-electron chi connectivity index (χ1n) is 5.86. The van der Waals surface area contributed by atoms with Gasteiger partial charge in [0.2, 0.25) is 0 Å². The summed E-state index contributed by atoms with van der Waals surface area (Å²) in [4.78, 5) is 11.4. The van der Waals surface area contributed by atoms with Crippen LogP contribution in [0.5, 0.6) is 0 Å². The topological polar surface area (TPSA) is 37.3 Å². The highest BCUT2D eigenvalue weighted by Gasteiger charge is 2.45. The fourth-order valence-corrected chi connectivity index (χ4v) is 2.69. The minimum absolute atomic E-state index is 0.139. The van der Waals surface area contributed by atoms with Crippen LogP contribution in [0.25, 0.3) is 0 Å². The summed E-state index contributed by atoms with van der Waals surface area (Å²) < 4.78 is 40.7. The van der Waals surface area contributed by atoms with Crippen LogP contribution in [-0.2, 0) is 10.2 Å². The molecule has 2 nitrogen and oxygen atoms in total. The zero-order chi connectivity index (χ0) is 13.3. The molecule has 0 bridgehead atoms. The summed E-state index contributed by atoms with van der Waals surface area (Å²) in [5, 5.41) is 9.33. The number of aliphatic carboxylic acids is 1. The zero-order valence-corrected chi connectivity index (χ0v) is 9.68. The van der Waals surface area contributed by atoms with Crippen LogP contribution >= 0.6 is 0 Å². The Morgan fingerprint density at radius 2 is 1.61 bits per heavy atom. The van der Waals surface area contributed by atoms with Crippen LogP contribution in [0.2, 0.25) is 0 Å². The first-order valence-corrected chi connectivity index (χ1v) is 5.86. The van der Waals surface area contributed by atoms with Crippen LogP contribution in [-0.4, -0.2) is 11.1 Å². The molecule has 0 unspecified atom stereocenters. The lowest BCUT2D eigenvalue weighted by Gasteiger charge is -2.34. The fourth-order valence-electron chi connectivity index (χ4n) is 2.69. The quantitative estimate of drug-likeness (QED) is 0.825. The summed E-state index contributed by atoms with van der Waals surface area (Å²) in [6.45, 7) is 0. The minimum Gasteiger partial charge on any atom is -0.481 e. The molecule has 0 aromatic heterocycles. The van der Waals surface area contributed by atoms with Crippen molar-refractivity contribution in [3.05, 3.63) is 35.1 Å². The summed E-state index contributed by atoms with van der Waals surface area (Å²) in [6.07, 6.45) is 2.25. The molecule has 0 radical (unpaired) electrons. The molecule has 5 heteroatoms. The molecule has 0 amide bonds. The van der Waals surface area contributed by atoms with Crippen LogP contribution in [0.3, 0.4) is 0 Å². The Hall–Kier alpha value is -1.52. The lowest BCUT2D eigenvalue weighted by molar-refractivity contribution is -0.145. The number of halogens is 3. The van der Waals surface area contributed by atoms with Crippen LogP contribution < -0.4 is 0 Å². The van der Waals surface area contributed by atoms with E-state index in [1.165, 1.54) is 0 Å². The molecule has 2 rings (SSSR count). The molecule has 1 N–H and O–H groups in total. The normalized spacial score (nSPS) is 18.6. The third-order valence-corrected chi connectivity index (χ3v) is 3.64. The zero-order valence-electron chi connectivity index (χ0n) is 9.68. The summed E-state index contributed by atoms with van der Waals surface area (Å²) in [5.74, 6) is -4.86. The van der Waals surface area contributed by atoms with Crippen molar-refractivity contribution in [2.24, 2.45) is 0 Å². The van der Waals surface area contributed by atoms with Crippen molar-refractivity contribution in [1.29, 1.82) is 0 Å². The molecule has 0 spiro atoms. The van der Waals surface area contributed by atoms with E-state index >= 15 is 0 Å². The number of rotatable bonds is 2. The highest BCUT2D eigenvalue weighted by Crippen LogP contribution is 2.42. The summed E-state index contributed by atoms with van der Waals surface area (Å²) in [5.41, 5.74) is -2.26. The molecule has 0 aliphatic heterocycles. The third kappa shape index (κ3) is 1.87. The first-order chi connectivity index (χ1) is 8.49. The third-order valence-electron chi connectivity index (χ3n) is 3.64. The average Bonchev–Trinajstić information content (AvgIpc) is 2.35. The van der Waals surface area contributed by atoms with E-state index in [9.17, 15) is 23.1 Å². The van der Waals surface area contributed by atoms with Crippen molar-refractivity contribution in [2.45, 2.75) is 37.5 Å². The van der Waals surface area contributed by atoms with Gasteiger partial charge >= 0.3 is 5.97 Å². The van der Waals surface area contributed by atoms with Gasteiger partial charge in [-0.1, -0.05) is 19.3 Å². The van der Waals surface area contributed by atoms with Crippen molar-refractivity contribution < 1.29 is 23.1 Å². The van der Waals surface area contributed by atoms with E-state index in [1.54, 1.807) is 0 Å². The standard InChI is InChI=1S/C13H13F3O2/c14-8-4-5-9(15)11(16)10(8)13(12(17)18)6-2-1-3-7-13/h4-5H,1-3,6-7H2,(H,17,18). The van der Waals surface area contributed by atoms with Crippen molar-refractivity contribution in [1.82, 2.24) is 0 Å². The van der Waals surface area contributed by atoms with Gasteiger partial charge in [0.1, 0.15) is 5.82 Å². The second-order valence-electron chi connectivity index (χ2n) is 4.67. The van der Waals surface area contributed by atoms with Gasteiger partial charge in [-0.15, -0.1) is 0 Å². The van der Waals surface area contributed by atoms with Gasteiger partial charge in [-0.2, -0.15) is 0 Å². The predicted molar refractivity (Wildman–Crippen MR) is 58.7 cm³/mol. The van der Waals surface area contributed by atoms with Gasteiger partial charge in [0.15, 0.2) is 11.6 Å². The Morgan fingerprint density at radius 3 is 2.17 bits per heavy atom. The smallest absolute Gasteiger partial charge is 0.314 e. The Balaban J connectivity index is 2.63. The molecule has 0 heterocycles. The lowest BCUT2D eigenvalue weighted by atomic mass is 9.69. The van der Waals surface area contributed by atoms with Crippen molar-refractivity contribution in [3.63, 3.8) is 0 Å². The van der Waals surface area contributed by atoms with Crippen LogP contribution in [0, 0.1) is 17.5 Å². The number of carboxylic acids is 1. The highest BCUT2D eigenvalue weighted by atomic mass is 19.2. The van der Waals surface area contributed by atoms with Crippen LogP contribution in [0.15, 0.2) is 12.1 Å². The number of carboxylic acid groups (broad SMARTS) is 1. The number of carbonyl (C=O) groups is 1. The Bertz CT molecular complexity index is 479. The molecule has 1 saturated carbocycles. The molecule has 1 aliphatic carbocycles. The Labute approximate surface area is 102 Å².